The van der Waals surface area contributed by atoms with E-state index in [1.54, 1.807) is 8.61 Å². The minimum Gasteiger partial charge on any atom is -0.330 e. The van der Waals surface area contributed by atoms with E-state index >= 15 is 0 Å². The van der Waals surface area contributed by atoms with Gasteiger partial charge in [-0.3, -0.25) is 0 Å². The number of hydrogen-bond acceptors (Lipinski definition) is 4. The van der Waals surface area contributed by atoms with Crippen LogP contribution in [0.3, 0.4) is 0 Å². The van der Waals surface area contributed by atoms with Crippen molar-refractivity contribution in [2.45, 2.75) is 25.7 Å². The van der Waals surface area contributed by atoms with Crippen LogP contribution in [-0.4, -0.2) is 74.3 Å². The lowest BCUT2D eigenvalue weighted by Crippen LogP contribution is -2.54. The molecule has 0 radical (unpaired) electrons. The van der Waals surface area contributed by atoms with E-state index in [0.717, 1.165) is 45.3 Å². The van der Waals surface area contributed by atoms with Crippen molar-refractivity contribution in [2.75, 3.05) is 52.4 Å². The largest absolute Gasteiger partial charge is 0.330 e. The molecule has 2 fully saturated rings. The molecule has 6 nitrogen and oxygen atoms in total. The molecule has 2 rings (SSSR count). The van der Waals surface area contributed by atoms with Crippen LogP contribution in [0.15, 0.2) is 0 Å². The summed E-state index contributed by atoms with van der Waals surface area (Å²) in [6, 6.07) is 0. The molecule has 0 spiro atoms. The molecule has 0 unspecified atom stereocenters. The maximum Gasteiger partial charge on any atom is 0.282 e. The monoisotopic (exact) mass is 290 g/mol. The van der Waals surface area contributed by atoms with Crippen LogP contribution in [0.4, 0.5) is 0 Å². The molecule has 0 amide bonds. The number of rotatable bonds is 5. The van der Waals surface area contributed by atoms with Crippen molar-refractivity contribution in [2.24, 2.45) is 5.73 Å². The lowest BCUT2D eigenvalue weighted by Gasteiger charge is -2.37. The number of piperazine rings is 1. The molecule has 0 aromatic carbocycles. The predicted molar refractivity (Wildman–Crippen MR) is 76.0 cm³/mol. The molecule has 7 heteroatoms. The van der Waals surface area contributed by atoms with Gasteiger partial charge in [-0.05, 0) is 32.4 Å². The Labute approximate surface area is 116 Å². The summed E-state index contributed by atoms with van der Waals surface area (Å²) in [7, 11) is -3.21. The summed E-state index contributed by atoms with van der Waals surface area (Å²) in [4.78, 5) is 2.30. The molecule has 0 atom stereocenters. The molecule has 2 saturated heterocycles. The number of nitrogens with two attached hydrogens (primary N) is 1. The quantitative estimate of drug-likeness (QED) is 0.754. The van der Waals surface area contributed by atoms with Crippen LogP contribution in [0.2, 0.25) is 0 Å². The third-order valence-corrected chi connectivity index (χ3v) is 6.01. The first kappa shape index (κ1) is 15.2. The van der Waals surface area contributed by atoms with E-state index in [4.69, 9.17) is 5.73 Å². The Kier molecular flexibility index (Phi) is 5.58. The summed E-state index contributed by atoms with van der Waals surface area (Å²) >= 11 is 0. The SMILES string of the molecule is NCCCN1CCN(S(=O)(=O)N2CCCCC2)CC1. The second-order valence-corrected chi connectivity index (χ2v) is 7.28. The van der Waals surface area contributed by atoms with Crippen LogP contribution < -0.4 is 5.73 Å². The fraction of sp³-hybridized carbons (Fsp3) is 1.00. The average Bonchev–Trinajstić information content (AvgIpc) is 2.46. The number of piperidine rings is 1. The van der Waals surface area contributed by atoms with Crippen molar-refractivity contribution in [1.29, 1.82) is 0 Å². The van der Waals surface area contributed by atoms with Crippen LogP contribution in [0, 0.1) is 0 Å². The molecule has 2 N–H and O–H groups in total. The zero-order valence-corrected chi connectivity index (χ0v) is 12.4. The number of hydrogen-bond donors (Lipinski definition) is 1. The summed E-state index contributed by atoms with van der Waals surface area (Å²) < 4.78 is 28.3. The third kappa shape index (κ3) is 3.88. The van der Waals surface area contributed by atoms with Crippen LogP contribution in [-0.2, 0) is 10.2 Å². The summed E-state index contributed by atoms with van der Waals surface area (Å²) in [6.07, 6.45) is 4.13. The maximum atomic E-state index is 12.5. The molecular weight excluding hydrogens is 264 g/mol. The summed E-state index contributed by atoms with van der Waals surface area (Å²) in [6.45, 7) is 5.94. The lowest BCUT2D eigenvalue weighted by molar-refractivity contribution is 0.178. The first-order chi connectivity index (χ1) is 9.14. The van der Waals surface area contributed by atoms with Gasteiger partial charge in [0.1, 0.15) is 0 Å². The van der Waals surface area contributed by atoms with E-state index in [1.807, 2.05) is 0 Å². The second kappa shape index (κ2) is 6.99. The normalized spacial score (nSPS) is 24.7. The van der Waals surface area contributed by atoms with Crippen molar-refractivity contribution in [3.8, 4) is 0 Å². The molecule has 2 heterocycles. The molecule has 0 aliphatic carbocycles. The van der Waals surface area contributed by atoms with E-state index < -0.39 is 10.2 Å². The Balaban J connectivity index is 1.85. The van der Waals surface area contributed by atoms with Gasteiger partial charge in [0.2, 0.25) is 0 Å². The minimum atomic E-state index is -3.21. The predicted octanol–water partition coefficient (Wildman–Crippen LogP) is -0.316. The zero-order valence-electron chi connectivity index (χ0n) is 11.6. The third-order valence-electron chi connectivity index (χ3n) is 3.98. The van der Waals surface area contributed by atoms with Gasteiger partial charge in [0.15, 0.2) is 0 Å². The van der Waals surface area contributed by atoms with Crippen LogP contribution >= 0.6 is 0 Å². The zero-order chi connectivity index (χ0) is 13.7. The molecule has 0 aromatic heterocycles. The highest BCUT2D eigenvalue weighted by Crippen LogP contribution is 2.17. The Morgan fingerprint density at radius 2 is 1.42 bits per heavy atom. The van der Waals surface area contributed by atoms with E-state index in [1.165, 1.54) is 0 Å². The van der Waals surface area contributed by atoms with Crippen molar-refractivity contribution in [1.82, 2.24) is 13.5 Å². The Morgan fingerprint density at radius 1 is 0.842 bits per heavy atom. The first-order valence-corrected chi connectivity index (χ1v) is 8.72. The summed E-state index contributed by atoms with van der Waals surface area (Å²) in [5, 5.41) is 0. The van der Waals surface area contributed by atoms with E-state index in [0.29, 0.717) is 32.7 Å². The van der Waals surface area contributed by atoms with E-state index in [-0.39, 0.29) is 0 Å². The molecule has 2 aliphatic rings. The smallest absolute Gasteiger partial charge is 0.282 e. The molecule has 112 valence electrons. The highest BCUT2D eigenvalue weighted by Gasteiger charge is 2.32. The van der Waals surface area contributed by atoms with Crippen LogP contribution in [0.25, 0.3) is 0 Å². The van der Waals surface area contributed by atoms with Gasteiger partial charge in [-0.15, -0.1) is 0 Å². The van der Waals surface area contributed by atoms with Gasteiger partial charge in [-0.1, -0.05) is 6.42 Å². The molecule has 19 heavy (non-hydrogen) atoms. The first-order valence-electron chi connectivity index (χ1n) is 7.32. The fourth-order valence-electron chi connectivity index (χ4n) is 2.76. The van der Waals surface area contributed by atoms with Gasteiger partial charge >= 0.3 is 0 Å². The van der Waals surface area contributed by atoms with Gasteiger partial charge in [0, 0.05) is 39.3 Å². The molecule has 0 bridgehead atoms. The van der Waals surface area contributed by atoms with E-state index in [9.17, 15) is 8.42 Å². The lowest BCUT2D eigenvalue weighted by atomic mass is 10.2. The highest BCUT2D eigenvalue weighted by molar-refractivity contribution is 7.86. The fourth-order valence-corrected chi connectivity index (χ4v) is 4.43. The standard InChI is InChI=1S/C12H26N4O2S/c13-5-4-6-14-9-11-16(12-10-14)19(17,18)15-7-2-1-3-8-15/h1-13H2. The van der Waals surface area contributed by atoms with Gasteiger partial charge in [0.25, 0.3) is 10.2 Å². The highest BCUT2D eigenvalue weighted by atomic mass is 32.2. The summed E-state index contributed by atoms with van der Waals surface area (Å²) in [5.41, 5.74) is 5.50. The molecule has 0 aromatic rings. The van der Waals surface area contributed by atoms with Crippen molar-refractivity contribution in [3.63, 3.8) is 0 Å². The molecular formula is C12H26N4O2S. The van der Waals surface area contributed by atoms with Gasteiger partial charge in [-0.25, -0.2) is 0 Å². The van der Waals surface area contributed by atoms with Crippen molar-refractivity contribution >= 4 is 10.2 Å². The van der Waals surface area contributed by atoms with Crippen LogP contribution in [0.1, 0.15) is 25.7 Å². The van der Waals surface area contributed by atoms with Crippen LogP contribution in [0.5, 0.6) is 0 Å². The molecule has 0 saturated carbocycles. The Morgan fingerprint density at radius 3 is 2.00 bits per heavy atom. The van der Waals surface area contributed by atoms with Gasteiger partial charge < -0.3 is 10.6 Å². The Bertz CT molecular complexity index is 360. The number of nitrogens with zero attached hydrogens (tertiary/aromatic N) is 3. The second-order valence-electron chi connectivity index (χ2n) is 5.35. The van der Waals surface area contributed by atoms with Crippen molar-refractivity contribution < 1.29 is 8.42 Å². The maximum absolute atomic E-state index is 12.5. The van der Waals surface area contributed by atoms with E-state index in [2.05, 4.69) is 4.90 Å². The van der Waals surface area contributed by atoms with Gasteiger partial charge in [-0.2, -0.15) is 17.0 Å². The topological polar surface area (TPSA) is 69.9 Å². The Hall–Kier alpha value is -0.210. The summed E-state index contributed by atoms with van der Waals surface area (Å²) in [5.74, 6) is 0. The molecule has 2 aliphatic heterocycles. The van der Waals surface area contributed by atoms with Crippen molar-refractivity contribution in [3.05, 3.63) is 0 Å². The average molecular weight is 290 g/mol. The van der Waals surface area contributed by atoms with Gasteiger partial charge in [0.05, 0.1) is 0 Å². The minimum absolute atomic E-state index is 0.614.